The molecule has 1 spiro atoms. The van der Waals surface area contributed by atoms with E-state index in [-0.39, 0.29) is 11.3 Å². The molecule has 0 saturated heterocycles. The van der Waals surface area contributed by atoms with E-state index in [9.17, 15) is 4.79 Å². The van der Waals surface area contributed by atoms with Gasteiger partial charge in [0, 0.05) is 16.5 Å². The van der Waals surface area contributed by atoms with E-state index < -0.39 is 0 Å². The van der Waals surface area contributed by atoms with Crippen molar-refractivity contribution >= 4 is 17.4 Å². The minimum Gasteiger partial charge on any atom is -0.497 e. The summed E-state index contributed by atoms with van der Waals surface area (Å²) in [5, 5.41) is 0.885. The standard InChI is InChI=1S/C33H37ClO2/c1-36-29-16-13-24(14-17-29)12-15-28-23-33(20-18-26-8-2-4-10-30(26)32(28)35)19-6-7-25(22-33)21-27-9-3-5-11-31(27)34/h2-5,8-11,13-14,16-17,25,28H,6-7,12,15,18-23H2,1H3. The van der Waals surface area contributed by atoms with E-state index in [0.29, 0.717) is 11.7 Å². The number of rotatable bonds is 6. The normalized spacial score (nSPS) is 24.1. The lowest BCUT2D eigenvalue weighted by Crippen LogP contribution is -2.36. The first-order valence-corrected chi connectivity index (χ1v) is 13.9. The lowest BCUT2D eigenvalue weighted by Gasteiger charge is -2.44. The Hall–Kier alpha value is -2.58. The summed E-state index contributed by atoms with van der Waals surface area (Å²) < 4.78 is 5.32. The van der Waals surface area contributed by atoms with E-state index >= 15 is 0 Å². The van der Waals surface area contributed by atoms with Crippen LogP contribution in [0.2, 0.25) is 5.02 Å². The number of fused-ring (bicyclic) bond motifs is 1. The van der Waals surface area contributed by atoms with Gasteiger partial charge in [0.25, 0.3) is 0 Å². The molecule has 5 rings (SSSR count). The van der Waals surface area contributed by atoms with Crippen molar-refractivity contribution in [2.45, 2.75) is 64.2 Å². The number of ketones is 1. The van der Waals surface area contributed by atoms with E-state index in [1.807, 2.05) is 30.3 Å². The summed E-state index contributed by atoms with van der Waals surface area (Å²) in [6, 6.07) is 25.0. The van der Waals surface area contributed by atoms with Crippen molar-refractivity contribution in [1.29, 1.82) is 0 Å². The van der Waals surface area contributed by atoms with Gasteiger partial charge in [-0.1, -0.05) is 79.0 Å². The van der Waals surface area contributed by atoms with Crippen LogP contribution in [0.25, 0.3) is 0 Å². The van der Waals surface area contributed by atoms with Gasteiger partial charge in [-0.2, -0.15) is 0 Å². The highest BCUT2D eigenvalue weighted by molar-refractivity contribution is 6.31. The predicted molar refractivity (Wildman–Crippen MR) is 148 cm³/mol. The van der Waals surface area contributed by atoms with Gasteiger partial charge in [0.15, 0.2) is 5.78 Å². The number of hydrogen-bond acceptors (Lipinski definition) is 2. The van der Waals surface area contributed by atoms with Crippen LogP contribution in [-0.4, -0.2) is 12.9 Å². The molecule has 1 saturated carbocycles. The Morgan fingerprint density at radius 1 is 0.944 bits per heavy atom. The topological polar surface area (TPSA) is 26.3 Å². The minimum absolute atomic E-state index is 0.0626. The van der Waals surface area contributed by atoms with E-state index in [2.05, 4.69) is 42.5 Å². The summed E-state index contributed by atoms with van der Waals surface area (Å²) in [6.45, 7) is 0. The van der Waals surface area contributed by atoms with E-state index in [4.69, 9.17) is 16.3 Å². The molecule has 3 aromatic carbocycles. The van der Waals surface area contributed by atoms with Gasteiger partial charge >= 0.3 is 0 Å². The van der Waals surface area contributed by atoms with Crippen LogP contribution >= 0.6 is 11.6 Å². The summed E-state index contributed by atoms with van der Waals surface area (Å²) in [5.41, 5.74) is 4.97. The number of Topliss-reactive ketones (excluding diaryl/α,β-unsaturated/α-hetero) is 1. The Morgan fingerprint density at radius 2 is 1.72 bits per heavy atom. The van der Waals surface area contributed by atoms with Gasteiger partial charge in [0.2, 0.25) is 0 Å². The third-order valence-corrected chi connectivity index (χ3v) is 9.07. The monoisotopic (exact) mass is 500 g/mol. The first kappa shape index (κ1) is 25.1. The summed E-state index contributed by atoms with van der Waals surface area (Å²) in [6.07, 6.45) is 11.0. The second-order valence-electron chi connectivity index (χ2n) is 11.1. The van der Waals surface area contributed by atoms with E-state index in [1.54, 1.807) is 7.11 Å². The molecule has 2 aliphatic carbocycles. The average molecular weight is 501 g/mol. The molecule has 0 radical (unpaired) electrons. The number of carbonyl (C=O) groups excluding carboxylic acids is 1. The highest BCUT2D eigenvalue weighted by Gasteiger charge is 2.41. The van der Waals surface area contributed by atoms with Crippen molar-refractivity contribution in [3.63, 3.8) is 0 Å². The molecule has 0 amide bonds. The molecule has 3 unspecified atom stereocenters. The SMILES string of the molecule is COc1ccc(CCC2CC3(CCCC(Cc4ccccc4Cl)C3)CCc3ccccc3C2=O)cc1. The second kappa shape index (κ2) is 11.2. The Morgan fingerprint density at radius 3 is 2.53 bits per heavy atom. The maximum absolute atomic E-state index is 13.9. The zero-order valence-corrected chi connectivity index (χ0v) is 22.1. The zero-order valence-electron chi connectivity index (χ0n) is 21.3. The van der Waals surface area contributed by atoms with Gasteiger partial charge in [0.05, 0.1) is 7.11 Å². The highest BCUT2D eigenvalue weighted by Crippen LogP contribution is 2.50. The fourth-order valence-corrected chi connectivity index (χ4v) is 7.04. The lowest BCUT2D eigenvalue weighted by atomic mass is 9.60. The van der Waals surface area contributed by atoms with E-state index in [1.165, 1.54) is 48.8 Å². The summed E-state index contributed by atoms with van der Waals surface area (Å²) in [4.78, 5) is 13.9. The first-order chi connectivity index (χ1) is 17.5. The Labute approximate surface area is 221 Å². The van der Waals surface area contributed by atoms with Crippen molar-refractivity contribution in [3.05, 3.63) is 100 Å². The highest BCUT2D eigenvalue weighted by atomic mass is 35.5. The molecule has 0 N–H and O–H groups in total. The van der Waals surface area contributed by atoms with Crippen molar-refractivity contribution < 1.29 is 9.53 Å². The fourth-order valence-electron chi connectivity index (χ4n) is 6.83. The molecule has 3 atom stereocenters. The molecule has 3 heteroatoms. The Bertz CT molecular complexity index is 1180. The number of ether oxygens (including phenoxy) is 1. The zero-order chi connectivity index (χ0) is 25.0. The third-order valence-electron chi connectivity index (χ3n) is 8.71. The van der Waals surface area contributed by atoms with Crippen LogP contribution in [0.4, 0.5) is 0 Å². The number of halogens is 1. The summed E-state index contributed by atoms with van der Waals surface area (Å²) in [7, 11) is 1.70. The molecule has 0 bridgehead atoms. The first-order valence-electron chi connectivity index (χ1n) is 13.5. The van der Waals surface area contributed by atoms with Crippen molar-refractivity contribution in [3.8, 4) is 5.75 Å². The number of carbonyl (C=O) groups is 1. The van der Waals surface area contributed by atoms with E-state index in [0.717, 1.165) is 48.4 Å². The summed E-state index contributed by atoms with van der Waals surface area (Å²) >= 11 is 6.53. The fraction of sp³-hybridized carbons (Fsp3) is 0.424. The van der Waals surface area contributed by atoms with Gasteiger partial charge in [-0.15, -0.1) is 0 Å². The minimum atomic E-state index is 0.0626. The van der Waals surface area contributed by atoms with Gasteiger partial charge < -0.3 is 4.74 Å². The Balaban J connectivity index is 1.38. The molecule has 0 aliphatic heterocycles. The number of methoxy groups -OCH3 is 1. The van der Waals surface area contributed by atoms with Crippen LogP contribution < -0.4 is 4.74 Å². The number of hydrogen-bond donors (Lipinski definition) is 0. The molecule has 188 valence electrons. The molecule has 0 heterocycles. The van der Waals surface area contributed by atoms with Crippen LogP contribution in [0.5, 0.6) is 5.75 Å². The molecule has 36 heavy (non-hydrogen) atoms. The van der Waals surface area contributed by atoms with Gasteiger partial charge in [-0.3, -0.25) is 4.79 Å². The number of aryl methyl sites for hydroxylation is 2. The summed E-state index contributed by atoms with van der Waals surface area (Å²) in [5.74, 6) is 1.92. The van der Waals surface area contributed by atoms with Gasteiger partial charge in [-0.25, -0.2) is 0 Å². The van der Waals surface area contributed by atoms with Crippen LogP contribution in [-0.2, 0) is 19.3 Å². The number of benzene rings is 3. The van der Waals surface area contributed by atoms with Crippen molar-refractivity contribution in [2.75, 3.05) is 7.11 Å². The van der Waals surface area contributed by atoms with Crippen molar-refractivity contribution in [2.24, 2.45) is 17.3 Å². The van der Waals surface area contributed by atoms with Crippen LogP contribution in [0.3, 0.4) is 0 Å². The van der Waals surface area contributed by atoms with Crippen LogP contribution in [0.15, 0.2) is 72.8 Å². The second-order valence-corrected chi connectivity index (χ2v) is 11.5. The third kappa shape index (κ3) is 5.70. The molecular weight excluding hydrogens is 464 g/mol. The smallest absolute Gasteiger partial charge is 0.166 e. The predicted octanol–water partition coefficient (Wildman–Crippen LogP) is 8.54. The molecule has 2 aliphatic rings. The lowest BCUT2D eigenvalue weighted by molar-refractivity contribution is 0.0663. The van der Waals surface area contributed by atoms with Crippen LogP contribution in [0, 0.1) is 17.3 Å². The molecule has 0 aromatic heterocycles. The molecule has 3 aromatic rings. The van der Waals surface area contributed by atoms with Crippen LogP contribution in [0.1, 0.15) is 72.0 Å². The Kier molecular flexibility index (Phi) is 7.82. The quantitative estimate of drug-likeness (QED) is 0.339. The molecule has 2 nitrogen and oxygen atoms in total. The maximum Gasteiger partial charge on any atom is 0.166 e. The maximum atomic E-state index is 13.9. The van der Waals surface area contributed by atoms with Gasteiger partial charge in [-0.05, 0) is 97.6 Å². The van der Waals surface area contributed by atoms with Gasteiger partial charge in [0.1, 0.15) is 5.75 Å². The average Bonchev–Trinajstić information content (AvgIpc) is 2.91. The van der Waals surface area contributed by atoms with Crippen molar-refractivity contribution in [1.82, 2.24) is 0 Å². The largest absolute Gasteiger partial charge is 0.497 e. The molecule has 1 fully saturated rings. The molecular formula is C33H37ClO2.